The van der Waals surface area contributed by atoms with Crippen molar-refractivity contribution in [2.24, 2.45) is 5.73 Å². The van der Waals surface area contributed by atoms with Crippen molar-refractivity contribution in [1.29, 1.82) is 0 Å². The van der Waals surface area contributed by atoms with Crippen molar-refractivity contribution in [3.63, 3.8) is 0 Å². The minimum Gasteiger partial charge on any atom is -0.425 e. The van der Waals surface area contributed by atoms with Crippen LogP contribution < -0.4 is 10.5 Å². The molecule has 0 saturated carbocycles. The van der Waals surface area contributed by atoms with E-state index in [1.54, 1.807) is 18.2 Å². The summed E-state index contributed by atoms with van der Waals surface area (Å²) in [5.74, 6) is 0.0486. The minimum absolute atomic E-state index is 0.00520. The molecular weight excluding hydrogens is 304 g/mol. The second-order valence-corrected chi connectivity index (χ2v) is 6.50. The third kappa shape index (κ3) is 3.79. The molecule has 0 aliphatic carbocycles. The summed E-state index contributed by atoms with van der Waals surface area (Å²) in [5.41, 5.74) is 6.81. The van der Waals surface area contributed by atoms with E-state index in [2.05, 4.69) is 4.90 Å². The average molecular weight is 327 g/mol. The van der Waals surface area contributed by atoms with Crippen LogP contribution in [0.1, 0.15) is 18.4 Å². The summed E-state index contributed by atoms with van der Waals surface area (Å²) >= 11 is 5.95. The Morgan fingerprint density at radius 2 is 2.18 bits per heavy atom. The van der Waals surface area contributed by atoms with Crippen LogP contribution in [0.4, 0.5) is 0 Å². The Labute approximate surface area is 136 Å². The van der Waals surface area contributed by atoms with Crippen LogP contribution in [-0.2, 0) is 9.53 Å². The van der Waals surface area contributed by atoms with Crippen molar-refractivity contribution in [3.05, 3.63) is 28.8 Å². The van der Waals surface area contributed by atoms with E-state index in [1.807, 2.05) is 21.0 Å². The van der Waals surface area contributed by atoms with Crippen molar-refractivity contribution < 1.29 is 14.3 Å². The predicted molar refractivity (Wildman–Crippen MR) is 86.3 cm³/mol. The molecule has 1 aromatic carbocycles. The van der Waals surface area contributed by atoms with Gasteiger partial charge in [0, 0.05) is 5.02 Å². The molecule has 1 atom stereocenters. The number of nitrogens with two attached hydrogens (primary N) is 1. The van der Waals surface area contributed by atoms with E-state index in [1.165, 1.54) is 0 Å². The fourth-order valence-electron chi connectivity index (χ4n) is 2.38. The Morgan fingerprint density at radius 1 is 1.50 bits per heavy atom. The Balaban J connectivity index is 1.88. The lowest BCUT2D eigenvalue weighted by molar-refractivity contribution is -0.140. The summed E-state index contributed by atoms with van der Waals surface area (Å²) in [6.07, 6.45) is 1.36. The van der Waals surface area contributed by atoms with Crippen molar-refractivity contribution in [2.75, 3.05) is 27.3 Å². The zero-order chi connectivity index (χ0) is 16.3. The number of aryl methyl sites for hydroxylation is 1. The van der Waals surface area contributed by atoms with Gasteiger partial charge in [0.05, 0.1) is 18.8 Å². The van der Waals surface area contributed by atoms with E-state index in [0.717, 1.165) is 12.0 Å². The number of hydrogen-bond acceptors (Lipinski definition) is 5. The lowest BCUT2D eigenvalue weighted by atomic mass is 9.88. The summed E-state index contributed by atoms with van der Waals surface area (Å²) in [6, 6.07) is 4.46. The largest absolute Gasteiger partial charge is 0.425 e. The fourth-order valence-corrected chi connectivity index (χ4v) is 2.50. The number of nitrogens with zero attached hydrogens (tertiary/aromatic N) is 1. The SMILES string of the molecule is Cc1cc(OC(=O)C(N)CCC2(N(C)C)COC2)ccc1Cl. The highest BCUT2D eigenvalue weighted by molar-refractivity contribution is 6.31. The molecular formula is C16H23ClN2O3. The normalized spacial score (nSPS) is 17.9. The third-order valence-corrected chi connectivity index (χ3v) is 4.69. The highest BCUT2D eigenvalue weighted by Gasteiger charge is 2.41. The second-order valence-electron chi connectivity index (χ2n) is 6.09. The number of ether oxygens (including phenoxy) is 2. The van der Waals surface area contributed by atoms with E-state index in [4.69, 9.17) is 26.8 Å². The number of hydrogen-bond donors (Lipinski definition) is 1. The second kappa shape index (κ2) is 6.96. The van der Waals surface area contributed by atoms with Crippen molar-refractivity contribution in [1.82, 2.24) is 4.90 Å². The van der Waals surface area contributed by atoms with Gasteiger partial charge in [-0.1, -0.05) is 11.6 Å². The van der Waals surface area contributed by atoms with Gasteiger partial charge in [-0.05, 0) is 57.6 Å². The van der Waals surface area contributed by atoms with E-state index in [-0.39, 0.29) is 5.54 Å². The van der Waals surface area contributed by atoms with Gasteiger partial charge < -0.3 is 15.2 Å². The number of benzene rings is 1. The fraction of sp³-hybridized carbons (Fsp3) is 0.562. The Hall–Kier alpha value is -1.14. The first kappa shape index (κ1) is 17.2. The Bertz CT molecular complexity index is 544. The van der Waals surface area contributed by atoms with Crippen LogP contribution in [0.15, 0.2) is 18.2 Å². The maximum atomic E-state index is 12.1. The molecule has 2 rings (SSSR count). The van der Waals surface area contributed by atoms with Gasteiger partial charge in [0.1, 0.15) is 11.8 Å². The van der Waals surface area contributed by atoms with Crippen LogP contribution in [0.25, 0.3) is 0 Å². The molecule has 0 aromatic heterocycles. The molecule has 2 N–H and O–H groups in total. The molecule has 1 aliphatic heterocycles. The van der Waals surface area contributed by atoms with Gasteiger partial charge in [0.15, 0.2) is 0 Å². The molecule has 5 nitrogen and oxygen atoms in total. The molecule has 0 radical (unpaired) electrons. The first-order valence-electron chi connectivity index (χ1n) is 7.33. The summed E-state index contributed by atoms with van der Waals surface area (Å²) in [4.78, 5) is 14.2. The summed E-state index contributed by atoms with van der Waals surface area (Å²) in [7, 11) is 4.03. The van der Waals surface area contributed by atoms with Gasteiger partial charge in [-0.15, -0.1) is 0 Å². The Kier molecular flexibility index (Phi) is 5.45. The highest BCUT2D eigenvalue weighted by Crippen LogP contribution is 2.28. The zero-order valence-corrected chi connectivity index (χ0v) is 14.0. The lowest BCUT2D eigenvalue weighted by Gasteiger charge is -2.47. The van der Waals surface area contributed by atoms with Gasteiger partial charge >= 0.3 is 5.97 Å². The maximum absolute atomic E-state index is 12.1. The van der Waals surface area contributed by atoms with Crippen LogP contribution in [-0.4, -0.2) is 49.8 Å². The molecule has 0 amide bonds. The summed E-state index contributed by atoms with van der Waals surface area (Å²) in [6.45, 7) is 3.22. The standard InChI is InChI=1S/C16H23ClN2O3/c1-11-8-12(4-5-13(11)17)22-15(20)14(18)6-7-16(19(2)3)9-21-10-16/h4-5,8,14H,6-7,9-10,18H2,1-3H3. The van der Waals surface area contributed by atoms with Crippen LogP contribution in [0.2, 0.25) is 5.02 Å². The maximum Gasteiger partial charge on any atom is 0.328 e. The van der Waals surface area contributed by atoms with Crippen LogP contribution >= 0.6 is 11.6 Å². The summed E-state index contributed by atoms with van der Waals surface area (Å²) in [5, 5.41) is 0.641. The van der Waals surface area contributed by atoms with Crippen molar-refractivity contribution in [2.45, 2.75) is 31.3 Å². The Morgan fingerprint density at radius 3 is 2.68 bits per heavy atom. The van der Waals surface area contributed by atoms with Crippen molar-refractivity contribution in [3.8, 4) is 5.75 Å². The number of likely N-dealkylation sites (N-methyl/N-ethyl adjacent to an activating group) is 1. The number of halogens is 1. The first-order valence-corrected chi connectivity index (χ1v) is 7.70. The van der Waals surface area contributed by atoms with Gasteiger partial charge in [-0.3, -0.25) is 4.90 Å². The minimum atomic E-state index is -0.645. The lowest BCUT2D eigenvalue weighted by Crippen LogP contribution is -2.60. The van der Waals surface area contributed by atoms with Gasteiger partial charge in [0.2, 0.25) is 0 Å². The molecule has 1 fully saturated rings. The topological polar surface area (TPSA) is 64.8 Å². The van der Waals surface area contributed by atoms with Crippen LogP contribution in [0.5, 0.6) is 5.75 Å². The quantitative estimate of drug-likeness (QED) is 0.640. The van der Waals surface area contributed by atoms with E-state index < -0.39 is 12.0 Å². The first-order chi connectivity index (χ1) is 10.3. The molecule has 122 valence electrons. The molecule has 0 bridgehead atoms. The molecule has 1 heterocycles. The monoisotopic (exact) mass is 326 g/mol. The predicted octanol–water partition coefficient (Wildman–Crippen LogP) is 1.99. The van der Waals surface area contributed by atoms with Crippen molar-refractivity contribution >= 4 is 17.6 Å². The highest BCUT2D eigenvalue weighted by atomic mass is 35.5. The molecule has 0 spiro atoms. The van der Waals surface area contributed by atoms with E-state index >= 15 is 0 Å². The summed E-state index contributed by atoms with van der Waals surface area (Å²) < 4.78 is 10.6. The average Bonchev–Trinajstić information content (AvgIpc) is 2.41. The number of carbonyl (C=O) groups excluding carboxylic acids is 1. The van der Waals surface area contributed by atoms with Crippen LogP contribution in [0, 0.1) is 6.92 Å². The molecule has 1 unspecified atom stereocenters. The van der Waals surface area contributed by atoms with Gasteiger partial charge in [-0.2, -0.15) is 0 Å². The molecule has 1 aliphatic rings. The van der Waals surface area contributed by atoms with Gasteiger partial charge in [-0.25, -0.2) is 4.79 Å². The zero-order valence-electron chi connectivity index (χ0n) is 13.3. The molecule has 6 heteroatoms. The number of carbonyl (C=O) groups is 1. The van der Waals surface area contributed by atoms with E-state index in [0.29, 0.717) is 30.4 Å². The van der Waals surface area contributed by atoms with Crippen LogP contribution in [0.3, 0.4) is 0 Å². The molecule has 22 heavy (non-hydrogen) atoms. The number of esters is 1. The van der Waals surface area contributed by atoms with Gasteiger partial charge in [0.25, 0.3) is 0 Å². The molecule has 1 aromatic rings. The smallest absolute Gasteiger partial charge is 0.328 e. The molecule has 1 saturated heterocycles. The number of rotatable bonds is 6. The third-order valence-electron chi connectivity index (χ3n) is 4.26. The van der Waals surface area contributed by atoms with E-state index in [9.17, 15) is 4.79 Å².